The second-order valence-corrected chi connectivity index (χ2v) is 7.57. The number of amides is 1. The largest absolute Gasteiger partial charge is 0.329 e. The average Bonchev–Trinajstić information content (AvgIpc) is 3.30. The fraction of sp³-hybridized carbons (Fsp3) is 0.250. The van der Waals surface area contributed by atoms with Crippen molar-refractivity contribution in [1.82, 2.24) is 9.97 Å². The third-order valence-corrected chi connectivity index (χ3v) is 5.77. The highest BCUT2D eigenvalue weighted by Crippen LogP contribution is 2.40. The SMILES string of the molecule is CN(c1ccncc1)c1ncccc1C(=O)Nc1ccc(C2(C#N)CCCC2)cc1. The van der Waals surface area contributed by atoms with Crippen molar-refractivity contribution in [1.29, 1.82) is 5.26 Å². The van der Waals surface area contributed by atoms with Crippen molar-refractivity contribution in [3.8, 4) is 6.07 Å². The zero-order valence-corrected chi connectivity index (χ0v) is 16.9. The number of hydrogen-bond donors (Lipinski definition) is 1. The number of rotatable bonds is 5. The summed E-state index contributed by atoms with van der Waals surface area (Å²) in [6.07, 6.45) is 9.04. The van der Waals surface area contributed by atoms with Gasteiger partial charge in [-0.05, 0) is 54.8 Å². The Morgan fingerprint density at radius 1 is 1.07 bits per heavy atom. The first-order chi connectivity index (χ1) is 14.6. The first-order valence-electron chi connectivity index (χ1n) is 10.0. The second kappa shape index (κ2) is 8.34. The summed E-state index contributed by atoms with van der Waals surface area (Å²) in [4.78, 5) is 23.3. The molecule has 0 unspecified atom stereocenters. The number of carbonyl (C=O) groups is 1. The number of carbonyl (C=O) groups excluding carboxylic acids is 1. The van der Waals surface area contributed by atoms with Crippen molar-refractivity contribution in [3.63, 3.8) is 0 Å². The number of nitrogens with one attached hydrogen (secondary N) is 1. The molecule has 1 fully saturated rings. The van der Waals surface area contributed by atoms with E-state index < -0.39 is 0 Å². The number of aromatic nitrogens is 2. The van der Waals surface area contributed by atoms with Crippen molar-refractivity contribution in [2.24, 2.45) is 0 Å². The normalized spacial score (nSPS) is 14.7. The van der Waals surface area contributed by atoms with Crippen LogP contribution in [0.2, 0.25) is 0 Å². The maximum atomic E-state index is 13.0. The number of hydrogen-bond acceptors (Lipinski definition) is 5. The zero-order chi connectivity index (χ0) is 21.0. The molecule has 150 valence electrons. The molecular weight excluding hydrogens is 374 g/mol. The van der Waals surface area contributed by atoms with Gasteiger partial charge in [0.1, 0.15) is 5.82 Å². The van der Waals surface area contributed by atoms with Crippen molar-refractivity contribution < 1.29 is 4.79 Å². The molecule has 2 heterocycles. The van der Waals surface area contributed by atoms with E-state index in [-0.39, 0.29) is 11.3 Å². The second-order valence-electron chi connectivity index (χ2n) is 7.57. The molecule has 2 aromatic heterocycles. The van der Waals surface area contributed by atoms with E-state index >= 15 is 0 Å². The lowest BCUT2D eigenvalue weighted by molar-refractivity contribution is 0.102. The van der Waals surface area contributed by atoms with Crippen molar-refractivity contribution in [3.05, 3.63) is 78.2 Å². The Bertz CT molecular complexity index is 1070. The summed E-state index contributed by atoms with van der Waals surface area (Å²) in [5.41, 5.74) is 2.70. The van der Waals surface area contributed by atoms with Gasteiger partial charge < -0.3 is 10.2 Å². The fourth-order valence-corrected chi connectivity index (χ4v) is 4.05. The van der Waals surface area contributed by atoms with Gasteiger partial charge in [-0.15, -0.1) is 0 Å². The van der Waals surface area contributed by atoms with E-state index in [1.807, 2.05) is 48.3 Å². The molecule has 0 saturated heterocycles. The van der Waals surface area contributed by atoms with Crippen LogP contribution in [-0.2, 0) is 5.41 Å². The maximum Gasteiger partial charge on any atom is 0.259 e. The summed E-state index contributed by atoms with van der Waals surface area (Å²) in [6, 6.07) is 17.4. The predicted octanol–water partition coefficient (Wildman–Crippen LogP) is 4.83. The number of anilines is 3. The van der Waals surface area contributed by atoms with E-state index in [2.05, 4.69) is 21.4 Å². The molecule has 1 saturated carbocycles. The minimum atomic E-state index is -0.383. The van der Waals surface area contributed by atoms with Gasteiger partial charge in [0, 0.05) is 37.0 Å². The Kier molecular flexibility index (Phi) is 5.44. The van der Waals surface area contributed by atoms with Gasteiger partial charge in [-0.3, -0.25) is 9.78 Å². The first-order valence-corrected chi connectivity index (χ1v) is 10.0. The van der Waals surface area contributed by atoms with Gasteiger partial charge in [0.15, 0.2) is 0 Å². The molecular formula is C24H23N5O. The molecule has 4 rings (SSSR count). The molecule has 0 bridgehead atoms. The van der Waals surface area contributed by atoms with Crippen LogP contribution in [0.5, 0.6) is 0 Å². The van der Waals surface area contributed by atoms with Crippen LogP contribution in [0.15, 0.2) is 67.1 Å². The molecule has 1 aliphatic rings. The van der Waals surface area contributed by atoms with Gasteiger partial charge in [-0.25, -0.2) is 4.98 Å². The van der Waals surface area contributed by atoms with E-state index in [0.717, 1.165) is 36.9 Å². The standard InChI is InChI=1S/C24H23N5O/c1-29(20-10-15-26-16-11-20)22-21(5-4-14-27-22)23(30)28-19-8-6-18(7-9-19)24(17-25)12-2-3-13-24/h4-11,14-16H,2-3,12-13H2,1H3,(H,28,30). The number of nitrogens with zero attached hydrogens (tertiary/aromatic N) is 4. The molecule has 0 spiro atoms. The first kappa shape index (κ1) is 19.6. The quantitative estimate of drug-likeness (QED) is 0.667. The summed E-state index contributed by atoms with van der Waals surface area (Å²) in [5, 5.41) is 12.6. The monoisotopic (exact) mass is 397 g/mol. The molecule has 6 nitrogen and oxygen atoms in total. The average molecular weight is 397 g/mol. The molecule has 6 heteroatoms. The van der Waals surface area contributed by atoms with Crippen molar-refractivity contribution >= 4 is 23.1 Å². The van der Waals surface area contributed by atoms with E-state index in [1.54, 1.807) is 30.7 Å². The Labute approximate surface area is 176 Å². The van der Waals surface area contributed by atoms with Crippen LogP contribution in [0, 0.1) is 11.3 Å². The lowest BCUT2D eigenvalue weighted by atomic mass is 9.80. The summed E-state index contributed by atoms with van der Waals surface area (Å²) >= 11 is 0. The molecule has 0 aliphatic heterocycles. The fourth-order valence-electron chi connectivity index (χ4n) is 4.05. The molecule has 0 atom stereocenters. The molecule has 1 aliphatic carbocycles. The maximum absolute atomic E-state index is 13.0. The van der Waals surface area contributed by atoms with Crippen molar-refractivity contribution in [2.75, 3.05) is 17.3 Å². The Morgan fingerprint density at radius 3 is 2.43 bits per heavy atom. The van der Waals surface area contributed by atoms with Gasteiger partial charge >= 0.3 is 0 Å². The van der Waals surface area contributed by atoms with Crippen LogP contribution in [0.1, 0.15) is 41.6 Å². The minimum absolute atomic E-state index is 0.234. The Hall–Kier alpha value is -3.72. The van der Waals surface area contributed by atoms with Gasteiger partial charge in [-0.1, -0.05) is 25.0 Å². The van der Waals surface area contributed by atoms with E-state index in [0.29, 0.717) is 17.1 Å². The topological polar surface area (TPSA) is 81.9 Å². The van der Waals surface area contributed by atoms with Crippen LogP contribution in [0.25, 0.3) is 0 Å². The lowest BCUT2D eigenvalue weighted by Gasteiger charge is -2.22. The summed E-state index contributed by atoms with van der Waals surface area (Å²) in [5.74, 6) is 0.329. The van der Waals surface area contributed by atoms with Crippen LogP contribution < -0.4 is 10.2 Å². The Balaban J connectivity index is 1.54. The zero-order valence-electron chi connectivity index (χ0n) is 16.9. The molecule has 1 aromatic carbocycles. The summed E-state index contributed by atoms with van der Waals surface area (Å²) in [7, 11) is 1.87. The minimum Gasteiger partial charge on any atom is -0.329 e. The Morgan fingerprint density at radius 2 is 1.77 bits per heavy atom. The lowest BCUT2D eigenvalue weighted by Crippen LogP contribution is -2.20. The van der Waals surface area contributed by atoms with E-state index in [9.17, 15) is 10.1 Å². The van der Waals surface area contributed by atoms with E-state index in [1.165, 1.54) is 0 Å². The third kappa shape index (κ3) is 3.74. The van der Waals surface area contributed by atoms with Crippen LogP contribution in [0.4, 0.5) is 17.2 Å². The van der Waals surface area contributed by atoms with Gasteiger partial charge in [0.25, 0.3) is 5.91 Å². The number of nitriles is 1. The third-order valence-electron chi connectivity index (χ3n) is 5.77. The van der Waals surface area contributed by atoms with Crippen LogP contribution >= 0.6 is 0 Å². The van der Waals surface area contributed by atoms with Crippen LogP contribution in [0.3, 0.4) is 0 Å². The summed E-state index contributed by atoms with van der Waals surface area (Å²) < 4.78 is 0. The van der Waals surface area contributed by atoms with Crippen molar-refractivity contribution in [2.45, 2.75) is 31.1 Å². The highest BCUT2D eigenvalue weighted by atomic mass is 16.1. The number of pyridine rings is 2. The highest BCUT2D eigenvalue weighted by molar-refractivity contribution is 6.08. The summed E-state index contributed by atoms with van der Waals surface area (Å²) in [6.45, 7) is 0. The highest BCUT2D eigenvalue weighted by Gasteiger charge is 2.35. The molecule has 1 amide bonds. The van der Waals surface area contributed by atoms with Gasteiger partial charge in [0.05, 0.1) is 17.0 Å². The smallest absolute Gasteiger partial charge is 0.259 e. The van der Waals surface area contributed by atoms with Gasteiger partial charge in [-0.2, -0.15) is 5.26 Å². The molecule has 30 heavy (non-hydrogen) atoms. The number of benzene rings is 1. The predicted molar refractivity (Wildman–Crippen MR) is 117 cm³/mol. The van der Waals surface area contributed by atoms with Gasteiger partial charge in [0.2, 0.25) is 0 Å². The molecule has 0 radical (unpaired) electrons. The van der Waals surface area contributed by atoms with Crippen LogP contribution in [-0.4, -0.2) is 22.9 Å². The molecule has 3 aromatic rings. The molecule has 1 N–H and O–H groups in total. The van der Waals surface area contributed by atoms with E-state index in [4.69, 9.17) is 0 Å².